The first-order valence-electron chi connectivity index (χ1n) is 6.96. The van der Waals surface area contributed by atoms with E-state index in [0.29, 0.717) is 13.1 Å². The average molecular weight is 299 g/mol. The molecule has 1 atom stereocenters. The molecule has 1 rings (SSSR count). The number of benzene rings is 1. The van der Waals surface area contributed by atoms with Gasteiger partial charge in [-0.1, -0.05) is 26.0 Å². The Labute approximate surface area is 122 Å². The SMILES string of the molecule is CCN(CC)CC(C)NS(=O)(=O)c1ccc(CN)cc1. The Morgan fingerprint density at radius 2 is 1.75 bits per heavy atom. The summed E-state index contributed by atoms with van der Waals surface area (Å²) < 4.78 is 27.2. The van der Waals surface area contributed by atoms with E-state index < -0.39 is 10.0 Å². The summed E-state index contributed by atoms with van der Waals surface area (Å²) in [4.78, 5) is 2.46. The Bertz CT molecular complexity index is 496. The van der Waals surface area contributed by atoms with E-state index in [2.05, 4.69) is 23.5 Å². The fourth-order valence-corrected chi connectivity index (χ4v) is 3.28. The number of nitrogens with two attached hydrogens (primary N) is 1. The van der Waals surface area contributed by atoms with Crippen molar-refractivity contribution in [1.82, 2.24) is 9.62 Å². The molecule has 0 saturated heterocycles. The van der Waals surface area contributed by atoms with Crippen molar-refractivity contribution in [3.05, 3.63) is 29.8 Å². The lowest BCUT2D eigenvalue weighted by Gasteiger charge is -2.23. The van der Waals surface area contributed by atoms with Crippen LogP contribution in [0.15, 0.2) is 29.2 Å². The monoisotopic (exact) mass is 299 g/mol. The highest BCUT2D eigenvalue weighted by Crippen LogP contribution is 2.11. The number of likely N-dealkylation sites (N-methyl/N-ethyl adjacent to an activating group) is 1. The molecule has 0 bridgehead atoms. The van der Waals surface area contributed by atoms with Crippen molar-refractivity contribution in [2.24, 2.45) is 5.73 Å². The van der Waals surface area contributed by atoms with E-state index in [1.54, 1.807) is 24.3 Å². The van der Waals surface area contributed by atoms with Crippen LogP contribution in [0.25, 0.3) is 0 Å². The van der Waals surface area contributed by atoms with Crippen LogP contribution in [0.2, 0.25) is 0 Å². The van der Waals surface area contributed by atoms with E-state index in [1.165, 1.54) is 0 Å². The molecule has 0 heterocycles. The van der Waals surface area contributed by atoms with E-state index in [0.717, 1.165) is 18.7 Å². The summed E-state index contributed by atoms with van der Waals surface area (Å²) in [6.45, 7) is 8.94. The van der Waals surface area contributed by atoms with E-state index >= 15 is 0 Å². The number of hydrogen-bond acceptors (Lipinski definition) is 4. The van der Waals surface area contributed by atoms with Gasteiger partial charge in [0.2, 0.25) is 10.0 Å². The third-order valence-corrected chi connectivity index (χ3v) is 4.86. The topological polar surface area (TPSA) is 75.4 Å². The van der Waals surface area contributed by atoms with Crippen LogP contribution in [-0.4, -0.2) is 39.0 Å². The van der Waals surface area contributed by atoms with Gasteiger partial charge >= 0.3 is 0 Å². The molecule has 1 aromatic carbocycles. The molecule has 1 aromatic rings. The Balaban J connectivity index is 2.73. The molecular formula is C14H25N3O2S. The Kier molecular flexibility index (Phi) is 6.61. The van der Waals surface area contributed by atoms with Crippen LogP contribution < -0.4 is 10.5 Å². The van der Waals surface area contributed by atoms with E-state index in [9.17, 15) is 8.42 Å². The van der Waals surface area contributed by atoms with E-state index in [-0.39, 0.29) is 10.9 Å². The molecule has 20 heavy (non-hydrogen) atoms. The molecule has 0 aromatic heterocycles. The largest absolute Gasteiger partial charge is 0.326 e. The predicted molar refractivity (Wildman–Crippen MR) is 81.9 cm³/mol. The van der Waals surface area contributed by atoms with Crippen molar-refractivity contribution in [2.75, 3.05) is 19.6 Å². The standard InChI is InChI=1S/C14H25N3O2S/c1-4-17(5-2)11-12(3)16-20(18,19)14-8-6-13(10-15)7-9-14/h6-9,12,16H,4-5,10-11,15H2,1-3H3. The van der Waals surface area contributed by atoms with Crippen LogP contribution in [0.1, 0.15) is 26.3 Å². The minimum absolute atomic E-state index is 0.130. The molecule has 5 nitrogen and oxygen atoms in total. The minimum atomic E-state index is -3.46. The Morgan fingerprint density at radius 3 is 2.20 bits per heavy atom. The van der Waals surface area contributed by atoms with Crippen molar-refractivity contribution in [2.45, 2.75) is 38.3 Å². The van der Waals surface area contributed by atoms with Gasteiger partial charge in [0.05, 0.1) is 4.90 Å². The summed E-state index contributed by atoms with van der Waals surface area (Å²) in [5, 5.41) is 0. The lowest BCUT2D eigenvalue weighted by molar-refractivity contribution is 0.282. The smallest absolute Gasteiger partial charge is 0.240 e. The first-order valence-corrected chi connectivity index (χ1v) is 8.45. The van der Waals surface area contributed by atoms with Gasteiger partial charge in [-0.15, -0.1) is 0 Å². The lowest BCUT2D eigenvalue weighted by Crippen LogP contribution is -2.41. The third kappa shape index (κ3) is 4.86. The first kappa shape index (κ1) is 17.1. The van der Waals surface area contributed by atoms with Crippen molar-refractivity contribution in [3.63, 3.8) is 0 Å². The highest BCUT2D eigenvalue weighted by Gasteiger charge is 2.18. The fourth-order valence-electron chi connectivity index (χ4n) is 2.04. The van der Waals surface area contributed by atoms with E-state index in [4.69, 9.17) is 5.73 Å². The van der Waals surface area contributed by atoms with Gasteiger partial charge in [-0.2, -0.15) is 0 Å². The van der Waals surface area contributed by atoms with Crippen molar-refractivity contribution in [3.8, 4) is 0 Å². The number of nitrogens with zero attached hydrogens (tertiary/aromatic N) is 1. The van der Waals surface area contributed by atoms with Gasteiger partial charge in [0.15, 0.2) is 0 Å². The molecule has 0 amide bonds. The highest BCUT2D eigenvalue weighted by molar-refractivity contribution is 7.89. The summed E-state index contributed by atoms with van der Waals surface area (Å²) >= 11 is 0. The summed E-state index contributed by atoms with van der Waals surface area (Å²) in [6, 6.07) is 6.53. The molecule has 0 fully saturated rings. The van der Waals surface area contributed by atoms with Crippen LogP contribution in [0.5, 0.6) is 0 Å². The second-order valence-corrected chi connectivity index (χ2v) is 6.57. The second kappa shape index (κ2) is 7.73. The van der Waals surface area contributed by atoms with Crippen molar-refractivity contribution in [1.29, 1.82) is 0 Å². The fraction of sp³-hybridized carbons (Fsp3) is 0.571. The molecule has 0 radical (unpaired) electrons. The number of hydrogen-bond donors (Lipinski definition) is 2. The molecule has 0 aliphatic heterocycles. The molecule has 3 N–H and O–H groups in total. The van der Waals surface area contributed by atoms with Crippen molar-refractivity contribution < 1.29 is 8.42 Å². The maximum absolute atomic E-state index is 12.2. The average Bonchev–Trinajstić information content (AvgIpc) is 2.44. The zero-order valence-corrected chi connectivity index (χ0v) is 13.3. The third-order valence-electron chi connectivity index (χ3n) is 3.25. The molecule has 114 valence electrons. The van der Waals surface area contributed by atoms with Gasteiger partial charge in [0, 0.05) is 19.1 Å². The number of nitrogens with one attached hydrogen (secondary N) is 1. The molecular weight excluding hydrogens is 274 g/mol. The van der Waals surface area contributed by atoms with Gasteiger partial charge in [-0.3, -0.25) is 0 Å². The molecule has 0 saturated carbocycles. The van der Waals surface area contributed by atoms with Crippen LogP contribution in [0, 0.1) is 0 Å². The quantitative estimate of drug-likeness (QED) is 0.755. The van der Waals surface area contributed by atoms with Crippen LogP contribution in [0.4, 0.5) is 0 Å². The number of sulfonamides is 1. The van der Waals surface area contributed by atoms with Gasteiger partial charge < -0.3 is 10.6 Å². The normalized spacial score (nSPS) is 13.7. The maximum atomic E-state index is 12.2. The molecule has 6 heteroatoms. The van der Waals surface area contributed by atoms with Crippen LogP contribution >= 0.6 is 0 Å². The molecule has 0 aliphatic rings. The first-order chi connectivity index (χ1) is 9.42. The van der Waals surface area contributed by atoms with Crippen molar-refractivity contribution >= 4 is 10.0 Å². The molecule has 0 aliphatic carbocycles. The Hall–Kier alpha value is -0.950. The number of rotatable bonds is 8. The van der Waals surface area contributed by atoms with Crippen LogP contribution in [0.3, 0.4) is 0 Å². The maximum Gasteiger partial charge on any atom is 0.240 e. The Morgan fingerprint density at radius 1 is 1.20 bits per heavy atom. The predicted octanol–water partition coefficient (Wildman–Crippen LogP) is 1.15. The zero-order chi connectivity index (χ0) is 15.2. The van der Waals surface area contributed by atoms with Gasteiger partial charge in [-0.05, 0) is 37.7 Å². The van der Waals surface area contributed by atoms with Crippen LogP contribution in [-0.2, 0) is 16.6 Å². The summed E-state index contributed by atoms with van der Waals surface area (Å²) in [5.41, 5.74) is 6.42. The lowest BCUT2D eigenvalue weighted by atomic mass is 10.2. The summed E-state index contributed by atoms with van der Waals surface area (Å²) in [7, 11) is -3.46. The van der Waals surface area contributed by atoms with Gasteiger partial charge in [0.1, 0.15) is 0 Å². The van der Waals surface area contributed by atoms with Gasteiger partial charge in [-0.25, -0.2) is 13.1 Å². The molecule has 1 unspecified atom stereocenters. The second-order valence-electron chi connectivity index (χ2n) is 4.86. The summed E-state index contributed by atoms with van der Waals surface area (Å²) in [5.74, 6) is 0. The minimum Gasteiger partial charge on any atom is -0.326 e. The van der Waals surface area contributed by atoms with Gasteiger partial charge in [0.25, 0.3) is 0 Å². The highest BCUT2D eigenvalue weighted by atomic mass is 32.2. The summed E-state index contributed by atoms with van der Waals surface area (Å²) in [6.07, 6.45) is 0. The van der Waals surface area contributed by atoms with E-state index in [1.807, 2.05) is 6.92 Å². The molecule has 0 spiro atoms. The zero-order valence-electron chi connectivity index (χ0n) is 12.5.